The van der Waals surface area contributed by atoms with Gasteiger partial charge in [0.1, 0.15) is 15.6 Å². The van der Waals surface area contributed by atoms with Crippen LogP contribution in [-0.2, 0) is 14.8 Å². The monoisotopic (exact) mass is 210 g/mol. The number of carbonyl (C=O) groups excluding carboxylic acids is 2. The van der Waals surface area contributed by atoms with Gasteiger partial charge in [-0.15, -0.1) is 0 Å². The molecule has 12 heavy (non-hydrogen) atoms. The highest BCUT2D eigenvalue weighted by Gasteiger charge is 2.42. The number of imide groups is 1. The fraction of sp³-hybridized carbons (Fsp3) is 0.600. The lowest BCUT2D eigenvalue weighted by Crippen LogP contribution is -2.47. The third-order valence-electron chi connectivity index (χ3n) is 1.52. The van der Waals surface area contributed by atoms with E-state index in [1.165, 1.54) is 6.92 Å². The predicted molar refractivity (Wildman–Crippen MR) is 43.9 cm³/mol. The molecule has 1 unspecified atom stereocenters. The minimum Gasteiger partial charge on any atom is -0.323 e. The molecule has 1 rings (SSSR count). The predicted octanol–water partition coefficient (Wildman–Crippen LogP) is -0.513. The van der Waals surface area contributed by atoms with Crippen molar-refractivity contribution in [1.82, 2.24) is 10.6 Å². The fourth-order valence-electron chi connectivity index (χ4n) is 0.908. The maximum absolute atomic E-state index is 11.1. The molecule has 5 nitrogen and oxygen atoms in total. The molecule has 1 aliphatic rings. The van der Waals surface area contributed by atoms with Gasteiger partial charge in [0.15, 0.2) is 0 Å². The Morgan fingerprint density at radius 3 is 2.50 bits per heavy atom. The number of halogens is 1. The van der Waals surface area contributed by atoms with Crippen LogP contribution in [0.3, 0.4) is 0 Å². The van der Waals surface area contributed by atoms with Crippen LogP contribution in [0.15, 0.2) is 0 Å². The lowest BCUT2D eigenvalue weighted by molar-refractivity contribution is -0.122. The highest BCUT2D eigenvalue weighted by molar-refractivity contribution is 8.08. The van der Waals surface area contributed by atoms with Gasteiger partial charge in [-0.25, -0.2) is 9.00 Å². The standard InChI is InChI=1S/C5H7ClN2O3S/c1-5(2-12(6)11)3(9)7-4(10)8-5/h2H2,1H3,(H2,7,8,9,10)/t5-,12?/m1/s1. The van der Waals surface area contributed by atoms with Gasteiger partial charge in [-0.2, -0.15) is 0 Å². The molecule has 0 aliphatic carbocycles. The van der Waals surface area contributed by atoms with Gasteiger partial charge in [-0.3, -0.25) is 10.1 Å². The number of rotatable bonds is 2. The SMILES string of the molecule is C[C@]1(CS(=O)Cl)NC(=O)NC1=O. The van der Waals surface area contributed by atoms with Crippen LogP contribution in [0.5, 0.6) is 0 Å². The third kappa shape index (κ3) is 1.75. The summed E-state index contributed by atoms with van der Waals surface area (Å²) in [6, 6.07) is -0.579. The van der Waals surface area contributed by atoms with Crippen molar-refractivity contribution < 1.29 is 13.8 Å². The molecular weight excluding hydrogens is 204 g/mol. The van der Waals surface area contributed by atoms with Crippen LogP contribution in [-0.4, -0.2) is 27.4 Å². The molecular formula is C5H7ClN2O3S. The van der Waals surface area contributed by atoms with Gasteiger partial charge in [-0.05, 0) is 17.6 Å². The molecule has 1 saturated heterocycles. The van der Waals surface area contributed by atoms with Crippen molar-refractivity contribution in [2.45, 2.75) is 12.5 Å². The summed E-state index contributed by atoms with van der Waals surface area (Å²) in [6.45, 7) is 1.47. The fourth-order valence-corrected chi connectivity index (χ4v) is 2.22. The first-order chi connectivity index (χ1) is 5.44. The summed E-state index contributed by atoms with van der Waals surface area (Å²) in [5.74, 6) is -0.590. The number of urea groups is 1. The minimum atomic E-state index is -1.63. The van der Waals surface area contributed by atoms with Crippen LogP contribution in [0.1, 0.15) is 6.92 Å². The van der Waals surface area contributed by atoms with Crippen molar-refractivity contribution in [2.24, 2.45) is 0 Å². The molecule has 1 heterocycles. The second-order valence-electron chi connectivity index (χ2n) is 2.67. The number of nitrogens with one attached hydrogen (secondary N) is 2. The van der Waals surface area contributed by atoms with E-state index in [1.54, 1.807) is 0 Å². The average Bonchev–Trinajstić information content (AvgIpc) is 2.04. The Labute approximate surface area is 75.8 Å². The van der Waals surface area contributed by atoms with E-state index in [0.717, 1.165) is 0 Å². The molecule has 68 valence electrons. The van der Waals surface area contributed by atoms with Crippen LogP contribution >= 0.6 is 10.7 Å². The molecule has 0 aromatic rings. The largest absolute Gasteiger partial charge is 0.323 e. The Bertz CT molecular complexity index is 269. The Morgan fingerprint density at radius 1 is 1.58 bits per heavy atom. The molecule has 0 aromatic carbocycles. The zero-order valence-corrected chi connectivity index (χ0v) is 7.79. The molecule has 7 heteroatoms. The van der Waals surface area contributed by atoms with Gasteiger partial charge in [-0.1, -0.05) is 0 Å². The summed E-state index contributed by atoms with van der Waals surface area (Å²) in [5.41, 5.74) is -1.14. The van der Waals surface area contributed by atoms with Crippen LogP contribution in [0, 0.1) is 0 Å². The zero-order chi connectivity index (χ0) is 9.35. The number of amides is 3. The summed E-state index contributed by atoms with van der Waals surface area (Å²) in [4.78, 5) is 21.7. The smallest absolute Gasteiger partial charge is 0.322 e. The summed E-state index contributed by atoms with van der Waals surface area (Å²) >= 11 is 0. The minimum absolute atomic E-state index is 0.0911. The second kappa shape index (κ2) is 3.02. The van der Waals surface area contributed by atoms with E-state index in [-0.39, 0.29) is 5.75 Å². The highest BCUT2D eigenvalue weighted by atomic mass is 35.7. The van der Waals surface area contributed by atoms with E-state index in [9.17, 15) is 13.8 Å². The van der Waals surface area contributed by atoms with E-state index in [0.29, 0.717) is 0 Å². The summed E-state index contributed by atoms with van der Waals surface area (Å²) in [7, 11) is 3.57. The lowest BCUT2D eigenvalue weighted by atomic mass is 10.1. The molecule has 1 fully saturated rings. The van der Waals surface area contributed by atoms with Crippen LogP contribution < -0.4 is 10.6 Å². The van der Waals surface area contributed by atoms with Crippen molar-refractivity contribution in [3.05, 3.63) is 0 Å². The Balaban J connectivity index is 2.77. The van der Waals surface area contributed by atoms with E-state index in [4.69, 9.17) is 10.7 Å². The number of hydrogen-bond acceptors (Lipinski definition) is 3. The zero-order valence-electron chi connectivity index (χ0n) is 6.22. The van der Waals surface area contributed by atoms with Crippen molar-refractivity contribution in [1.29, 1.82) is 0 Å². The maximum Gasteiger partial charge on any atom is 0.322 e. The molecule has 0 radical (unpaired) electrons. The molecule has 0 saturated carbocycles. The Kier molecular flexibility index (Phi) is 2.39. The maximum atomic E-state index is 11.1. The van der Waals surface area contributed by atoms with E-state index in [1.807, 2.05) is 5.32 Å². The highest BCUT2D eigenvalue weighted by Crippen LogP contribution is 2.12. The number of carbonyl (C=O) groups is 2. The van der Waals surface area contributed by atoms with Crippen LogP contribution in [0.2, 0.25) is 0 Å². The normalized spacial score (nSPS) is 31.2. The first kappa shape index (κ1) is 9.47. The van der Waals surface area contributed by atoms with Crippen LogP contribution in [0.4, 0.5) is 4.79 Å². The molecule has 0 spiro atoms. The second-order valence-corrected chi connectivity index (χ2v) is 4.58. The van der Waals surface area contributed by atoms with Gasteiger partial charge in [0.05, 0.1) is 5.75 Å². The molecule has 2 atom stereocenters. The first-order valence-electron chi connectivity index (χ1n) is 3.12. The molecule has 0 aromatic heterocycles. The quantitative estimate of drug-likeness (QED) is 0.476. The third-order valence-corrected chi connectivity index (χ3v) is 2.65. The van der Waals surface area contributed by atoms with Crippen molar-refractivity contribution >= 4 is 32.6 Å². The van der Waals surface area contributed by atoms with Crippen molar-refractivity contribution in [3.8, 4) is 0 Å². The van der Waals surface area contributed by atoms with Crippen molar-refractivity contribution in [3.63, 3.8) is 0 Å². The first-order valence-corrected chi connectivity index (χ1v) is 5.27. The molecule has 2 N–H and O–H groups in total. The summed E-state index contributed by atoms with van der Waals surface area (Å²) in [5, 5.41) is 4.36. The molecule has 0 bridgehead atoms. The Morgan fingerprint density at radius 2 is 2.17 bits per heavy atom. The summed E-state index contributed by atoms with van der Waals surface area (Å²) in [6.07, 6.45) is 0. The van der Waals surface area contributed by atoms with E-state index < -0.39 is 27.5 Å². The molecule has 3 amide bonds. The Hall–Kier alpha value is -0.620. The van der Waals surface area contributed by atoms with Crippen molar-refractivity contribution in [2.75, 3.05) is 5.75 Å². The summed E-state index contributed by atoms with van der Waals surface area (Å²) < 4.78 is 10.6. The van der Waals surface area contributed by atoms with Gasteiger partial charge >= 0.3 is 6.03 Å². The van der Waals surface area contributed by atoms with Gasteiger partial charge in [0.2, 0.25) is 0 Å². The lowest BCUT2D eigenvalue weighted by Gasteiger charge is -2.17. The van der Waals surface area contributed by atoms with Crippen LogP contribution in [0.25, 0.3) is 0 Å². The average molecular weight is 211 g/mol. The van der Waals surface area contributed by atoms with E-state index >= 15 is 0 Å². The van der Waals surface area contributed by atoms with Gasteiger partial charge < -0.3 is 5.32 Å². The van der Waals surface area contributed by atoms with Gasteiger partial charge in [0, 0.05) is 0 Å². The van der Waals surface area contributed by atoms with E-state index in [2.05, 4.69) is 5.32 Å². The number of hydrogen-bond donors (Lipinski definition) is 2. The molecule has 1 aliphatic heterocycles. The topological polar surface area (TPSA) is 75.3 Å². The van der Waals surface area contributed by atoms with Gasteiger partial charge in [0.25, 0.3) is 5.91 Å².